The van der Waals surface area contributed by atoms with Crippen LogP contribution in [0.5, 0.6) is 0 Å². The molecule has 1 aromatic carbocycles. The van der Waals surface area contributed by atoms with Gasteiger partial charge in [-0.1, -0.05) is 12.1 Å². The third-order valence-corrected chi connectivity index (χ3v) is 5.41. The first-order valence-electron chi connectivity index (χ1n) is 9.03. The summed E-state index contributed by atoms with van der Waals surface area (Å²) in [7, 11) is 1.68. The number of nitrogens with one attached hydrogen (secondary N) is 2. The number of halogens is 1. The molecule has 7 heteroatoms. The third-order valence-electron chi connectivity index (χ3n) is 5.41. The molecule has 6 nitrogen and oxygen atoms in total. The summed E-state index contributed by atoms with van der Waals surface area (Å²) in [5.74, 6) is -1.43. The lowest BCUT2D eigenvalue weighted by molar-refractivity contribution is -0.127. The number of pyridine rings is 1. The van der Waals surface area contributed by atoms with Crippen molar-refractivity contribution < 1.29 is 14.0 Å². The van der Waals surface area contributed by atoms with Crippen molar-refractivity contribution in [3.63, 3.8) is 0 Å². The first-order valence-corrected chi connectivity index (χ1v) is 9.03. The summed E-state index contributed by atoms with van der Waals surface area (Å²) in [4.78, 5) is 30.8. The number of carbonyl (C=O) groups is 2. The van der Waals surface area contributed by atoms with Crippen LogP contribution in [0.25, 0.3) is 0 Å². The Hall–Kier alpha value is -2.80. The second kappa shape index (κ2) is 7.08. The predicted molar refractivity (Wildman–Crippen MR) is 98.3 cm³/mol. The SMILES string of the molecule is CN1C(=O)CC(C(=O)Nc2ccc3c(c2F)CCNC3)C1c1cccnc1. The molecule has 27 heavy (non-hydrogen) atoms. The second-order valence-corrected chi connectivity index (χ2v) is 7.03. The van der Waals surface area contributed by atoms with Gasteiger partial charge in [0.15, 0.2) is 0 Å². The molecule has 2 aromatic rings. The van der Waals surface area contributed by atoms with Gasteiger partial charge >= 0.3 is 0 Å². The Morgan fingerprint density at radius 3 is 3.00 bits per heavy atom. The van der Waals surface area contributed by atoms with E-state index in [1.807, 2.05) is 12.1 Å². The summed E-state index contributed by atoms with van der Waals surface area (Å²) in [6, 6.07) is 6.65. The standard InChI is InChI=1S/C20H21FN4O2/c1-25-17(26)9-15(19(25)13-3-2-7-22-11-13)20(27)24-16-5-4-12-10-23-8-6-14(12)18(16)21/h2-5,7,11,15,19,23H,6,8-10H2,1H3,(H,24,27). The van der Waals surface area contributed by atoms with Crippen molar-refractivity contribution in [2.24, 2.45) is 5.92 Å². The molecule has 2 amide bonds. The van der Waals surface area contributed by atoms with Gasteiger partial charge in [0.05, 0.1) is 17.6 Å². The lowest BCUT2D eigenvalue weighted by Gasteiger charge is -2.25. The van der Waals surface area contributed by atoms with E-state index in [4.69, 9.17) is 0 Å². The van der Waals surface area contributed by atoms with Crippen LogP contribution >= 0.6 is 0 Å². The minimum atomic E-state index is -0.594. The van der Waals surface area contributed by atoms with Gasteiger partial charge in [0.2, 0.25) is 11.8 Å². The highest BCUT2D eigenvalue weighted by Crippen LogP contribution is 2.37. The van der Waals surface area contributed by atoms with Crippen LogP contribution in [-0.4, -0.2) is 35.3 Å². The van der Waals surface area contributed by atoms with Crippen molar-refractivity contribution in [2.45, 2.75) is 25.4 Å². The molecule has 1 fully saturated rings. The Kier molecular flexibility index (Phi) is 4.61. The number of amides is 2. The molecule has 0 saturated carbocycles. The molecule has 0 radical (unpaired) electrons. The van der Waals surface area contributed by atoms with Gasteiger partial charge < -0.3 is 15.5 Å². The smallest absolute Gasteiger partial charge is 0.230 e. The van der Waals surface area contributed by atoms with Crippen LogP contribution in [0.3, 0.4) is 0 Å². The number of rotatable bonds is 3. The van der Waals surface area contributed by atoms with E-state index < -0.39 is 12.0 Å². The largest absolute Gasteiger partial charge is 0.338 e. The third kappa shape index (κ3) is 3.19. The summed E-state index contributed by atoms with van der Waals surface area (Å²) in [5, 5.41) is 5.91. The number of fused-ring (bicyclic) bond motifs is 1. The molecule has 1 aromatic heterocycles. The Morgan fingerprint density at radius 1 is 1.37 bits per heavy atom. The summed E-state index contributed by atoms with van der Waals surface area (Å²) < 4.78 is 14.8. The second-order valence-electron chi connectivity index (χ2n) is 7.03. The number of aromatic nitrogens is 1. The first-order chi connectivity index (χ1) is 13.1. The highest BCUT2D eigenvalue weighted by Gasteiger charge is 2.43. The molecule has 2 atom stereocenters. The molecule has 1 saturated heterocycles. The maximum absolute atomic E-state index is 14.8. The number of benzene rings is 1. The van der Waals surface area contributed by atoms with Gasteiger partial charge in [-0.05, 0) is 41.8 Å². The first kappa shape index (κ1) is 17.6. The van der Waals surface area contributed by atoms with E-state index >= 15 is 0 Å². The van der Waals surface area contributed by atoms with Crippen molar-refractivity contribution >= 4 is 17.5 Å². The average molecular weight is 368 g/mol. The minimum Gasteiger partial charge on any atom is -0.338 e. The van der Waals surface area contributed by atoms with E-state index in [0.717, 1.165) is 11.1 Å². The van der Waals surface area contributed by atoms with Gasteiger partial charge in [-0.15, -0.1) is 0 Å². The van der Waals surface area contributed by atoms with Crippen molar-refractivity contribution in [3.05, 3.63) is 59.2 Å². The van der Waals surface area contributed by atoms with Crippen LogP contribution in [0.1, 0.15) is 29.2 Å². The van der Waals surface area contributed by atoms with Crippen molar-refractivity contribution in [1.82, 2.24) is 15.2 Å². The Bertz CT molecular complexity index is 887. The predicted octanol–water partition coefficient (Wildman–Crippen LogP) is 2.02. The molecule has 140 valence electrons. The van der Waals surface area contributed by atoms with Gasteiger partial charge in [-0.3, -0.25) is 14.6 Å². The lowest BCUT2D eigenvalue weighted by Crippen LogP contribution is -2.30. The zero-order chi connectivity index (χ0) is 19.0. The highest BCUT2D eigenvalue weighted by molar-refractivity contribution is 5.98. The molecule has 0 spiro atoms. The van der Waals surface area contributed by atoms with Crippen molar-refractivity contribution in [3.8, 4) is 0 Å². The quantitative estimate of drug-likeness (QED) is 0.869. The van der Waals surface area contributed by atoms with E-state index in [9.17, 15) is 14.0 Å². The number of nitrogens with zero attached hydrogens (tertiary/aromatic N) is 2. The van der Waals surface area contributed by atoms with E-state index in [2.05, 4.69) is 15.6 Å². The Labute approximate surface area is 156 Å². The number of hydrogen-bond donors (Lipinski definition) is 2. The molecule has 3 heterocycles. The van der Waals surface area contributed by atoms with Gasteiger partial charge in [-0.2, -0.15) is 0 Å². The van der Waals surface area contributed by atoms with Crippen LogP contribution in [0.15, 0.2) is 36.7 Å². The molecular weight excluding hydrogens is 347 g/mol. The molecule has 2 aliphatic heterocycles. The number of likely N-dealkylation sites (tertiary alicyclic amines) is 1. The van der Waals surface area contributed by atoms with Crippen LogP contribution in [0.2, 0.25) is 0 Å². The highest BCUT2D eigenvalue weighted by atomic mass is 19.1. The Morgan fingerprint density at radius 2 is 2.22 bits per heavy atom. The van der Waals surface area contributed by atoms with Crippen LogP contribution in [-0.2, 0) is 22.6 Å². The normalized spacial score (nSPS) is 21.9. The Balaban J connectivity index is 1.60. The molecule has 0 bridgehead atoms. The molecule has 2 aliphatic rings. The molecular formula is C20H21FN4O2. The van der Waals surface area contributed by atoms with Crippen LogP contribution in [0.4, 0.5) is 10.1 Å². The summed E-state index contributed by atoms with van der Waals surface area (Å²) >= 11 is 0. The molecule has 0 aliphatic carbocycles. The minimum absolute atomic E-state index is 0.0956. The fourth-order valence-corrected chi connectivity index (χ4v) is 3.97. The van der Waals surface area contributed by atoms with Gasteiger partial charge in [-0.25, -0.2) is 4.39 Å². The zero-order valence-electron chi connectivity index (χ0n) is 15.0. The summed E-state index contributed by atoms with van der Waals surface area (Å²) in [5.41, 5.74) is 2.53. The molecule has 4 rings (SSSR count). The van der Waals surface area contributed by atoms with Gasteiger partial charge in [0.1, 0.15) is 5.82 Å². The maximum Gasteiger partial charge on any atom is 0.230 e. The van der Waals surface area contributed by atoms with Crippen molar-refractivity contribution in [1.29, 1.82) is 0 Å². The number of anilines is 1. The van der Waals surface area contributed by atoms with Crippen molar-refractivity contribution in [2.75, 3.05) is 18.9 Å². The van der Waals surface area contributed by atoms with Gasteiger partial charge in [0.25, 0.3) is 0 Å². The summed E-state index contributed by atoms with van der Waals surface area (Å²) in [6.45, 7) is 1.35. The van der Waals surface area contributed by atoms with E-state index in [-0.39, 0.29) is 29.7 Å². The van der Waals surface area contributed by atoms with E-state index in [0.29, 0.717) is 25.1 Å². The van der Waals surface area contributed by atoms with Crippen LogP contribution in [0, 0.1) is 11.7 Å². The number of hydrogen-bond acceptors (Lipinski definition) is 4. The average Bonchev–Trinajstić information content (AvgIpc) is 3.00. The van der Waals surface area contributed by atoms with Crippen LogP contribution < -0.4 is 10.6 Å². The lowest BCUT2D eigenvalue weighted by atomic mass is 9.93. The monoisotopic (exact) mass is 368 g/mol. The topological polar surface area (TPSA) is 74.3 Å². The fourth-order valence-electron chi connectivity index (χ4n) is 3.97. The molecule has 2 N–H and O–H groups in total. The fraction of sp³-hybridized carbons (Fsp3) is 0.350. The van der Waals surface area contributed by atoms with E-state index in [1.54, 1.807) is 36.5 Å². The van der Waals surface area contributed by atoms with E-state index in [1.165, 1.54) is 0 Å². The maximum atomic E-state index is 14.8. The summed E-state index contributed by atoms with van der Waals surface area (Å²) in [6.07, 6.45) is 3.99. The van der Waals surface area contributed by atoms with Gasteiger partial charge in [0, 0.05) is 32.4 Å². The zero-order valence-corrected chi connectivity index (χ0v) is 15.0. The molecule has 2 unspecified atom stereocenters. The number of carbonyl (C=O) groups excluding carboxylic acids is 2.